The first-order valence-electron chi connectivity index (χ1n) is 15.0. The highest BCUT2D eigenvalue weighted by atomic mass is 32.2. The second-order valence-electron chi connectivity index (χ2n) is 12.6. The van der Waals surface area contributed by atoms with Crippen LogP contribution in [0.3, 0.4) is 0 Å². The summed E-state index contributed by atoms with van der Waals surface area (Å²) in [5.74, 6) is -0.329. The lowest BCUT2D eigenvalue weighted by Gasteiger charge is -2.39. The number of hydrogen-bond donors (Lipinski definition) is 2. The highest BCUT2D eigenvalue weighted by Crippen LogP contribution is 2.33. The third-order valence-corrected chi connectivity index (χ3v) is 8.48. The molecular weight excluding hydrogens is 596 g/mol. The van der Waals surface area contributed by atoms with E-state index in [1.807, 2.05) is 64.2 Å². The van der Waals surface area contributed by atoms with Crippen LogP contribution >= 0.6 is 0 Å². The van der Waals surface area contributed by atoms with Crippen molar-refractivity contribution in [3.05, 3.63) is 47.8 Å². The molecule has 2 amide bonds. The molecule has 3 heterocycles. The summed E-state index contributed by atoms with van der Waals surface area (Å²) in [5.41, 5.74) is 3.26. The Bertz CT molecular complexity index is 1850. The number of carbonyl (C=O) groups is 2. The number of benzene rings is 2. The number of nitrogens with one attached hydrogen (secondary N) is 2. The molecule has 0 spiro atoms. The van der Waals surface area contributed by atoms with E-state index in [4.69, 9.17) is 4.74 Å². The average molecular weight is 639 g/mol. The molecule has 242 valence electrons. The van der Waals surface area contributed by atoms with E-state index in [2.05, 4.69) is 25.1 Å². The van der Waals surface area contributed by atoms with Gasteiger partial charge in [0.25, 0.3) is 5.91 Å². The smallest absolute Gasteiger partial charge is 0.410 e. The summed E-state index contributed by atoms with van der Waals surface area (Å²) < 4.78 is 35.0. The van der Waals surface area contributed by atoms with Crippen molar-refractivity contribution < 1.29 is 22.7 Å². The van der Waals surface area contributed by atoms with Crippen LogP contribution < -0.4 is 14.9 Å². The van der Waals surface area contributed by atoms with Gasteiger partial charge < -0.3 is 19.9 Å². The largest absolute Gasteiger partial charge is 0.444 e. The number of nitrogens with zero attached hydrogens (tertiary/aromatic N) is 6. The van der Waals surface area contributed by atoms with Crippen molar-refractivity contribution in [2.45, 2.75) is 58.7 Å². The molecule has 0 atom stereocenters. The van der Waals surface area contributed by atoms with Crippen LogP contribution in [0, 0.1) is 0 Å². The van der Waals surface area contributed by atoms with E-state index in [-0.39, 0.29) is 24.6 Å². The van der Waals surface area contributed by atoms with Gasteiger partial charge in [0.1, 0.15) is 11.1 Å². The number of hydrogen-bond acceptors (Lipinski definition) is 8. The number of ether oxygens (including phenoxy) is 1. The summed E-state index contributed by atoms with van der Waals surface area (Å²) in [7, 11) is 0.187. The SMILES string of the molecule is CCN(C(=O)OC(C)(C)C)C1CCN(c2ccc(C(=O)Nc3cc(CNS(C)(=O)=O)c4nn(C)cc4c3)c3nn(C)cc23)CC1. The Balaban J connectivity index is 1.36. The zero-order valence-electron chi connectivity index (χ0n) is 26.9. The molecule has 0 bridgehead atoms. The van der Waals surface area contributed by atoms with Crippen LogP contribution in [-0.2, 0) is 35.4 Å². The Hall–Kier alpha value is -4.17. The normalized spacial score (nSPS) is 14.7. The van der Waals surface area contributed by atoms with E-state index < -0.39 is 15.6 Å². The van der Waals surface area contributed by atoms with Gasteiger partial charge in [0.05, 0.1) is 17.3 Å². The number of amides is 2. The number of sulfonamides is 1. The van der Waals surface area contributed by atoms with Gasteiger partial charge in [-0.3, -0.25) is 14.2 Å². The topological polar surface area (TPSA) is 144 Å². The standard InChI is InChI=1S/C31H42N8O5S/c1-8-39(30(41)44-31(2,3)4)23-11-13-38(14-12-23)26-10-9-24(28-25(26)19-37(6)35-28)29(40)33-22-15-20(17-32-45(7,42)43)27-21(16-22)18-36(5)34-27/h9-10,15-16,18-19,23,32H,8,11-14,17H2,1-7H3,(H,33,40). The van der Waals surface area contributed by atoms with Gasteiger partial charge in [0.2, 0.25) is 10.0 Å². The van der Waals surface area contributed by atoms with Crippen LogP contribution in [0.1, 0.15) is 56.5 Å². The molecule has 1 aliphatic heterocycles. The number of fused-ring (bicyclic) bond motifs is 2. The molecule has 0 aliphatic carbocycles. The van der Waals surface area contributed by atoms with E-state index in [0.717, 1.165) is 48.6 Å². The molecule has 45 heavy (non-hydrogen) atoms. The van der Waals surface area contributed by atoms with Crippen molar-refractivity contribution in [1.82, 2.24) is 29.2 Å². The molecular formula is C31H42N8O5S. The molecule has 2 N–H and O–H groups in total. The van der Waals surface area contributed by atoms with Gasteiger partial charge in [-0.1, -0.05) is 0 Å². The number of anilines is 2. The van der Waals surface area contributed by atoms with Gasteiger partial charge in [-0.2, -0.15) is 10.2 Å². The Kier molecular flexibility index (Phi) is 8.82. The molecule has 0 radical (unpaired) electrons. The molecule has 13 nitrogen and oxygen atoms in total. The zero-order chi connectivity index (χ0) is 32.7. The third-order valence-electron chi connectivity index (χ3n) is 7.81. The zero-order valence-corrected chi connectivity index (χ0v) is 27.7. The van der Waals surface area contributed by atoms with E-state index in [1.165, 1.54) is 0 Å². The minimum atomic E-state index is -3.43. The summed E-state index contributed by atoms with van der Waals surface area (Å²) in [5, 5.41) is 13.7. The number of aryl methyl sites for hydroxylation is 2. The predicted octanol–water partition coefficient (Wildman–Crippen LogP) is 3.99. The molecule has 4 aromatic rings. The van der Waals surface area contributed by atoms with Crippen molar-refractivity contribution in [2.24, 2.45) is 14.1 Å². The minimum absolute atomic E-state index is 0.0414. The predicted molar refractivity (Wildman–Crippen MR) is 175 cm³/mol. The van der Waals surface area contributed by atoms with Crippen molar-refractivity contribution in [1.29, 1.82) is 0 Å². The maximum atomic E-state index is 13.7. The molecule has 2 aromatic heterocycles. The maximum absolute atomic E-state index is 13.7. The van der Waals surface area contributed by atoms with E-state index in [1.54, 1.807) is 28.5 Å². The highest BCUT2D eigenvalue weighted by Gasteiger charge is 2.31. The van der Waals surface area contributed by atoms with Gasteiger partial charge in [-0.25, -0.2) is 17.9 Å². The van der Waals surface area contributed by atoms with Gasteiger partial charge >= 0.3 is 6.09 Å². The monoisotopic (exact) mass is 638 g/mol. The third kappa shape index (κ3) is 7.39. The minimum Gasteiger partial charge on any atom is -0.444 e. The lowest BCUT2D eigenvalue weighted by Crippen LogP contribution is -2.48. The first kappa shape index (κ1) is 32.2. The quantitative estimate of drug-likeness (QED) is 0.295. The number of carbonyl (C=O) groups excluding carboxylic acids is 2. The Morgan fingerprint density at radius 3 is 2.36 bits per heavy atom. The first-order chi connectivity index (χ1) is 21.1. The molecule has 5 rings (SSSR count). The Morgan fingerprint density at radius 2 is 1.71 bits per heavy atom. The van der Waals surface area contributed by atoms with Crippen molar-refractivity contribution in [2.75, 3.05) is 36.1 Å². The summed E-state index contributed by atoms with van der Waals surface area (Å²) >= 11 is 0. The summed E-state index contributed by atoms with van der Waals surface area (Å²) in [6, 6.07) is 7.38. The van der Waals surface area contributed by atoms with E-state index >= 15 is 0 Å². The van der Waals surface area contributed by atoms with Gasteiger partial charge in [0.15, 0.2) is 0 Å². The van der Waals surface area contributed by atoms with Crippen LogP contribution in [-0.4, -0.2) is 82.4 Å². The second kappa shape index (κ2) is 12.3. The lowest BCUT2D eigenvalue weighted by atomic mass is 10.0. The molecule has 1 saturated heterocycles. The first-order valence-corrected chi connectivity index (χ1v) is 16.9. The Morgan fingerprint density at radius 1 is 1.04 bits per heavy atom. The van der Waals surface area contributed by atoms with Gasteiger partial charge in [-0.15, -0.1) is 0 Å². The lowest BCUT2D eigenvalue weighted by molar-refractivity contribution is 0.0149. The fraction of sp³-hybridized carbons (Fsp3) is 0.484. The number of rotatable bonds is 8. The molecule has 0 unspecified atom stereocenters. The summed E-state index contributed by atoms with van der Waals surface area (Å²) in [6.45, 7) is 9.71. The van der Waals surface area contributed by atoms with Crippen molar-refractivity contribution >= 4 is 55.2 Å². The van der Waals surface area contributed by atoms with Crippen LogP contribution in [0.2, 0.25) is 0 Å². The summed E-state index contributed by atoms with van der Waals surface area (Å²) in [6.07, 6.45) is 6.15. The van der Waals surface area contributed by atoms with Crippen LogP contribution in [0.25, 0.3) is 21.8 Å². The van der Waals surface area contributed by atoms with Crippen LogP contribution in [0.15, 0.2) is 36.7 Å². The van der Waals surface area contributed by atoms with Crippen LogP contribution in [0.5, 0.6) is 0 Å². The number of aromatic nitrogens is 4. The van der Waals surface area contributed by atoms with E-state index in [9.17, 15) is 18.0 Å². The van der Waals surface area contributed by atoms with Crippen molar-refractivity contribution in [3.63, 3.8) is 0 Å². The fourth-order valence-electron chi connectivity index (χ4n) is 5.88. The van der Waals surface area contributed by atoms with E-state index in [0.29, 0.717) is 34.4 Å². The summed E-state index contributed by atoms with van der Waals surface area (Å²) in [4.78, 5) is 30.6. The molecule has 1 fully saturated rings. The average Bonchev–Trinajstić information content (AvgIpc) is 3.51. The Labute approximate surface area is 263 Å². The highest BCUT2D eigenvalue weighted by molar-refractivity contribution is 7.88. The fourth-order valence-corrected chi connectivity index (χ4v) is 6.30. The number of piperidine rings is 1. The second-order valence-corrected chi connectivity index (χ2v) is 14.4. The van der Waals surface area contributed by atoms with Gasteiger partial charge in [0, 0.05) is 80.9 Å². The molecule has 0 saturated carbocycles. The molecule has 14 heteroatoms. The molecule has 1 aliphatic rings. The van der Waals surface area contributed by atoms with Crippen molar-refractivity contribution in [3.8, 4) is 0 Å². The van der Waals surface area contributed by atoms with Gasteiger partial charge in [-0.05, 0) is 70.4 Å². The maximum Gasteiger partial charge on any atom is 0.410 e. The molecule has 2 aromatic carbocycles. The van der Waals surface area contributed by atoms with Crippen LogP contribution in [0.4, 0.5) is 16.2 Å².